The Labute approximate surface area is 112 Å². The van der Waals surface area contributed by atoms with Gasteiger partial charge in [0, 0.05) is 31.4 Å². The second kappa shape index (κ2) is 5.75. The van der Waals surface area contributed by atoms with Crippen molar-refractivity contribution in [2.45, 2.75) is 39.2 Å². The number of piperazine rings is 1. The number of hydrogen-bond donors (Lipinski definition) is 0. The van der Waals surface area contributed by atoms with Crippen LogP contribution in [0.1, 0.15) is 38.7 Å². The fraction of sp³-hybridized carbons (Fsp3) is 0.625. The van der Waals surface area contributed by atoms with Gasteiger partial charge >= 0.3 is 0 Å². The molecular formula is C16H26N2. The molecule has 1 atom stereocenters. The van der Waals surface area contributed by atoms with Crippen LogP contribution in [0.5, 0.6) is 0 Å². The highest BCUT2D eigenvalue weighted by molar-refractivity contribution is 5.49. The quantitative estimate of drug-likeness (QED) is 0.807. The molecular weight excluding hydrogens is 220 g/mol. The lowest BCUT2D eigenvalue weighted by molar-refractivity contribution is 0.264. The van der Waals surface area contributed by atoms with E-state index >= 15 is 0 Å². The summed E-state index contributed by atoms with van der Waals surface area (Å²) >= 11 is 0. The topological polar surface area (TPSA) is 6.48 Å². The van der Waals surface area contributed by atoms with Gasteiger partial charge in [-0.05, 0) is 37.1 Å². The minimum Gasteiger partial charge on any atom is -0.366 e. The van der Waals surface area contributed by atoms with E-state index in [1.54, 1.807) is 0 Å². The molecule has 0 amide bonds. The van der Waals surface area contributed by atoms with E-state index in [9.17, 15) is 0 Å². The predicted molar refractivity (Wildman–Crippen MR) is 79.5 cm³/mol. The van der Waals surface area contributed by atoms with Gasteiger partial charge in [-0.2, -0.15) is 0 Å². The molecule has 1 saturated heterocycles. The van der Waals surface area contributed by atoms with Gasteiger partial charge in [-0.1, -0.05) is 32.9 Å². The zero-order valence-electron chi connectivity index (χ0n) is 12.2. The predicted octanol–water partition coefficient (Wildman–Crippen LogP) is 3.34. The molecule has 1 aliphatic heterocycles. The van der Waals surface area contributed by atoms with E-state index < -0.39 is 0 Å². The Morgan fingerprint density at radius 2 is 1.83 bits per heavy atom. The molecule has 1 heterocycles. The first-order valence-corrected chi connectivity index (χ1v) is 7.17. The average Bonchev–Trinajstić information content (AvgIpc) is 2.38. The highest BCUT2D eigenvalue weighted by Crippen LogP contribution is 2.24. The fourth-order valence-electron chi connectivity index (χ4n) is 2.75. The third-order valence-electron chi connectivity index (χ3n) is 4.05. The highest BCUT2D eigenvalue weighted by Gasteiger charge is 2.23. The summed E-state index contributed by atoms with van der Waals surface area (Å²) in [4.78, 5) is 5.01. The molecule has 18 heavy (non-hydrogen) atoms. The maximum Gasteiger partial charge on any atom is 0.0414 e. The van der Waals surface area contributed by atoms with Gasteiger partial charge in [0.15, 0.2) is 0 Å². The molecule has 0 radical (unpaired) electrons. The highest BCUT2D eigenvalue weighted by atomic mass is 15.3. The van der Waals surface area contributed by atoms with E-state index in [1.165, 1.54) is 30.8 Å². The second-order valence-electron chi connectivity index (χ2n) is 5.76. The lowest BCUT2D eigenvalue weighted by Crippen LogP contribution is -2.51. The van der Waals surface area contributed by atoms with Crippen LogP contribution >= 0.6 is 0 Å². The van der Waals surface area contributed by atoms with E-state index in [2.05, 4.69) is 61.9 Å². The molecule has 2 rings (SSSR count). The average molecular weight is 246 g/mol. The zero-order valence-corrected chi connectivity index (χ0v) is 12.2. The summed E-state index contributed by atoms with van der Waals surface area (Å²) in [5.74, 6) is 0.619. The van der Waals surface area contributed by atoms with E-state index in [0.29, 0.717) is 12.0 Å². The van der Waals surface area contributed by atoms with Crippen molar-refractivity contribution in [2.75, 3.05) is 31.6 Å². The molecule has 0 saturated carbocycles. The SMILES string of the molecule is CCC1CN(C)CCN1c1ccc(C(C)C)cc1. The van der Waals surface area contributed by atoms with Gasteiger partial charge in [0.05, 0.1) is 0 Å². The zero-order chi connectivity index (χ0) is 13.1. The molecule has 1 fully saturated rings. The Hall–Kier alpha value is -1.02. The van der Waals surface area contributed by atoms with E-state index in [1.807, 2.05) is 0 Å². The van der Waals surface area contributed by atoms with Crippen LogP contribution in [0.4, 0.5) is 5.69 Å². The Morgan fingerprint density at radius 3 is 2.39 bits per heavy atom. The minimum absolute atomic E-state index is 0.619. The number of anilines is 1. The van der Waals surface area contributed by atoms with E-state index in [0.717, 1.165) is 6.54 Å². The third kappa shape index (κ3) is 2.86. The summed E-state index contributed by atoms with van der Waals surface area (Å²) < 4.78 is 0. The molecule has 1 aromatic carbocycles. The monoisotopic (exact) mass is 246 g/mol. The van der Waals surface area contributed by atoms with Crippen LogP contribution in [0, 0.1) is 0 Å². The normalized spacial score (nSPS) is 21.6. The third-order valence-corrected chi connectivity index (χ3v) is 4.05. The number of nitrogens with zero attached hydrogens (tertiary/aromatic N) is 2. The largest absolute Gasteiger partial charge is 0.366 e. The maximum atomic E-state index is 2.57. The number of likely N-dealkylation sites (N-methyl/N-ethyl adjacent to an activating group) is 1. The van der Waals surface area contributed by atoms with Crippen molar-refractivity contribution in [1.82, 2.24) is 4.90 Å². The Kier molecular flexibility index (Phi) is 4.28. The van der Waals surface area contributed by atoms with E-state index in [4.69, 9.17) is 0 Å². The van der Waals surface area contributed by atoms with Gasteiger partial charge in [-0.25, -0.2) is 0 Å². The van der Waals surface area contributed by atoms with Crippen LogP contribution in [0.15, 0.2) is 24.3 Å². The Morgan fingerprint density at radius 1 is 1.17 bits per heavy atom. The minimum atomic E-state index is 0.619. The van der Waals surface area contributed by atoms with Crippen molar-refractivity contribution in [3.63, 3.8) is 0 Å². The molecule has 0 aliphatic carbocycles. The molecule has 1 aromatic rings. The second-order valence-corrected chi connectivity index (χ2v) is 5.76. The van der Waals surface area contributed by atoms with Crippen molar-refractivity contribution in [2.24, 2.45) is 0 Å². The Bertz CT molecular complexity index is 369. The molecule has 2 nitrogen and oxygen atoms in total. The van der Waals surface area contributed by atoms with Gasteiger partial charge in [0.1, 0.15) is 0 Å². The first-order valence-electron chi connectivity index (χ1n) is 7.17. The van der Waals surface area contributed by atoms with Crippen LogP contribution in [0.2, 0.25) is 0 Å². The molecule has 0 bridgehead atoms. The van der Waals surface area contributed by atoms with Gasteiger partial charge < -0.3 is 9.80 Å². The Balaban J connectivity index is 2.14. The van der Waals surface area contributed by atoms with Gasteiger partial charge in [0.25, 0.3) is 0 Å². The first-order chi connectivity index (χ1) is 8.61. The van der Waals surface area contributed by atoms with Gasteiger partial charge in [0.2, 0.25) is 0 Å². The summed E-state index contributed by atoms with van der Waals surface area (Å²) in [7, 11) is 2.22. The molecule has 0 aromatic heterocycles. The number of rotatable bonds is 3. The van der Waals surface area contributed by atoms with Crippen molar-refractivity contribution in [3.05, 3.63) is 29.8 Å². The molecule has 100 valence electrons. The van der Waals surface area contributed by atoms with Crippen molar-refractivity contribution >= 4 is 5.69 Å². The van der Waals surface area contributed by atoms with Crippen LogP contribution in [0.3, 0.4) is 0 Å². The van der Waals surface area contributed by atoms with Gasteiger partial charge in [-0.3, -0.25) is 0 Å². The maximum absolute atomic E-state index is 2.57. The van der Waals surface area contributed by atoms with Crippen molar-refractivity contribution < 1.29 is 0 Å². The number of hydrogen-bond acceptors (Lipinski definition) is 2. The number of benzene rings is 1. The van der Waals surface area contributed by atoms with Crippen LogP contribution in [-0.2, 0) is 0 Å². The molecule has 1 unspecified atom stereocenters. The van der Waals surface area contributed by atoms with E-state index in [-0.39, 0.29) is 0 Å². The first kappa shape index (κ1) is 13.4. The summed E-state index contributed by atoms with van der Waals surface area (Å²) in [5, 5.41) is 0. The van der Waals surface area contributed by atoms with Crippen LogP contribution in [-0.4, -0.2) is 37.6 Å². The van der Waals surface area contributed by atoms with Crippen LogP contribution in [0.25, 0.3) is 0 Å². The summed E-state index contributed by atoms with van der Waals surface area (Å²) in [5.41, 5.74) is 2.82. The summed E-state index contributed by atoms with van der Waals surface area (Å²) in [6, 6.07) is 9.82. The molecule has 1 aliphatic rings. The molecule has 2 heteroatoms. The summed E-state index contributed by atoms with van der Waals surface area (Å²) in [6.07, 6.45) is 1.22. The lowest BCUT2D eigenvalue weighted by Gasteiger charge is -2.41. The summed E-state index contributed by atoms with van der Waals surface area (Å²) in [6.45, 7) is 10.3. The van der Waals surface area contributed by atoms with Gasteiger partial charge in [-0.15, -0.1) is 0 Å². The molecule has 0 N–H and O–H groups in total. The van der Waals surface area contributed by atoms with Crippen molar-refractivity contribution in [3.8, 4) is 0 Å². The lowest BCUT2D eigenvalue weighted by atomic mass is 10.0. The molecule has 0 spiro atoms. The van der Waals surface area contributed by atoms with Crippen molar-refractivity contribution in [1.29, 1.82) is 0 Å². The fourth-order valence-corrected chi connectivity index (χ4v) is 2.75. The standard InChI is InChI=1S/C16H26N2/c1-5-15-12-17(4)10-11-18(15)16-8-6-14(7-9-16)13(2)3/h6-9,13,15H,5,10-12H2,1-4H3. The smallest absolute Gasteiger partial charge is 0.0414 e. The van der Waals surface area contributed by atoms with Crippen LogP contribution < -0.4 is 4.90 Å².